The van der Waals surface area contributed by atoms with Gasteiger partial charge in [0.25, 0.3) is 12.4 Å². The molecule has 5 aliphatic rings. The van der Waals surface area contributed by atoms with Crippen molar-refractivity contribution in [3.8, 4) is 0 Å². The Kier molecular flexibility index (Phi) is 18.2. The normalized spacial score (nSPS) is 31.7. The van der Waals surface area contributed by atoms with E-state index in [4.69, 9.17) is 15.0 Å². The second kappa shape index (κ2) is 21.6. The molecule has 8 nitrogen and oxygen atoms in total. The summed E-state index contributed by atoms with van der Waals surface area (Å²) in [5.74, 6) is 4.26. The topological polar surface area (TPSA) is 129 Å². The molecule has 5 fully saturated rings. The van der Waals surface area contributed by atoms with Crippen LogP contribution in [-0.2, 0) is 22.6 Å². The van der Waals surface area contributed by atoms with Gasteiger partial charge in [0, 0.05) is 23.8 Å². The first kappa shape index (κ1) is 47.3. The average Bonchev–Trinajstić information content (AvgIpc) is 3.63. The number of nitrogens with one attached hydrogen (secondary N) is 2. The fraction of sp³-hybridized carbons (Fsp3) is 0.708. The Hall–Kier alpha value is -3.10. The minimum Gasteiger partial charge on any atom is -0.483 e. The molecule has 0 aliphatic heterocycles. The van der Waals surface area contributed by atoms with Gasteiger partial charge in [-0.1, -0.05) is 72.6 Å². The Morgan fingerprint density at radius 2 is 1.59 bits per heavy atom. The molecule has 0 radical (unpaired) electrons. The van der Waals surface area contributed by atoms with E-state index in [0.29, 0.717) is 28.4 Å². The average molecular weight is 776 g/mol. The molecule has 0 spiro atoms. The second-order valence-corrected chi connectivity index (χ2v) is 18.2. The number of aryl methyl sites for hydroxylation is 1. The molecule has 5 saturated carbocycles. The fourth-order valence-corrected chi connectivity index (χ4v) is 12.6. The fourth-order valence-electron chi connectivity index (χ4n) is 12.6. The maximum absolute atomic E-state index is 12.2. The van der Waals surface area contributed by atoms with Crippen LogP contribution in [-0.4, -0.2) is 54.1 Å². The van der Waals surface area contributed by atoms with Gasteiger partial charge in [-0.3, -0.25) is 14.6 Å². The van der Waals surface area contributed by atoms with Gasteiger partial charge in [0.2, 0.25) is 0 Å². The van der Waals surface area contributed by atoms with Crippen molar-refractivity contribution < 1.29 is 24.6 Å². The molecule has 1 heterocycles. The van der Waals surface area contributed by atoms with Gasteiger partial charge in [0.1, 0.15) is 6.29 Å². The van der Waals surface area contributed by atoms with E-state index in [0.717, 1.165) is 59.4 Å². The van der Waals surface area contributed by atoms with E-state index in [1.165, 1.54) is 83.3 Å². The number of fused-ring (bicyclic) bond motifs is 7. The Morgan fingerprint density at radius 3 is 2.23 bits per heavy atom. The zero-order valence-corrected chi connectivity index (χ0v) is 36.5. The van der Waals surface area contributed by atoms with Crippen LogP contribution >= 0.6 is 0 Å². The van der Waals surface area contributed by atoms with Crippen molar-refractivity contribution in [1.82, 2.24) is 15.6 Å². The molecule has 8 atom stereocenters. The number of benzene rings is 1. The number of aliphatic hydroxyl groups is 1. The van der Waals surface area contributed by atoms with Crippen LogP contribution < -0.4 is 10.6 Å². The zero-order chi connectivity index (χ0) is 41.6. The number of hydrogen-bond donors (Lipinski definition) is 4. The van der Waals surface area contributed by atoms with Crippen molar-refractivity contribution in [3.63, 3.8) is 0 Å². The highest BCUT2D eigenvalue weighted by Crippen LogP contribution is 2.72. The summed E-state index contributed by atoms with van der Waals surface area (Å²) in [5.41, 5.74) is 5.55. The molecule has 2 aromatic rings. The molecule has 56 heavy (non-hydrogen) atoms. The lowest BCUT2D eigenvalue weighted by Gasteiger charge is -2.68. The number of pyridine rings is 1. The van der Waals surface area contributed by atoms with E-state index < -0.39 is 0 Å². The number of rotatable bonds is 7. The van der Waals surface area contributed by atoms with Crippen molar-refractivity contribution in [3.05, 3.63) is 65.0 Å². The van der Waals surface area contributed by atoms with Gasteiger partial charge in [-0.2, -0.15) is 0 Å². The molecule has 1 aromatic heterocycles. The zero-order valence-electron chi connectivity index (χ0n) is 36.5. The highest BCUT2D eigenvalue weighted by Gasteiger charge is 2.65. The predicted molar refractivity (Wildman–Crippen MR) is 228 cm³/mol. The van der Waals surface area contributed by atoms with E-state index in [-0.39, 0.29) is 24.4 Å². The Labute approximate surface area is 339 Å². The minimum absolute atomic E-state index is 0.0660. The maximum Gasteiger partial charge on any atom is 0.290 e. The first-order chi connectivity index (χ1) is 26.8. The van der Waals surface area contributed by atoms with Gasteiger partial charge in [0.05, 0.1) is 12.2 Å². The Morgan fingerprint density at radius 1 is 0.875 bits per heavy atom. The molecule has 0 bridgehead atoms. The molecule has 8 heteroatoms. The van der Waals surface area contributed by atoms with E-state index in [9.17, 15) is 9.59 Å². The quantitative estimate of drug-likeness (QED) is 0.206. The molecule has 1 aromatic carbocycles. The van der Waals surface area contributed by atoms with E-state index in [2.05, 4.69) is 43.3 Å². The summed E-state index contributed by atoms with van der Waals surface area (Å²) in [5, 5.41) is 20.5. The van der Waals surface area contributed by atoms with Crippen LogP contribution in [0.5, 0.6) is 0 Å². The number of amides is 1. The molecule has 5 aliphatic carbocycles. The standard InChI is InChI=1S/C26H42O.C17H21N3O.C2H6O.C2H6.CH2O2/c1-23(2)12-6-13-25(4)21(23)11-15-24(3)19-10-16-26(17-27)14-5-7-20(26)18(19)8-9-22(24)25;1-13-6-7-16(19-11-13)12-20-17(21)15-5-3-4-14(10-15)8-9-18-2;1-2-3;1-2;2-1-3/h17-22H,5-16H2,1-4H3;3-7,10-11,18H,8-9,12H2,1-2H3,(H,20,21);3H,2H2,1H3;1-2H3;1H,(H,2,3). The van der Waals surface area contributed by atoms with Crippen molar-refractivity contribution >= 4 is 18.7 Å². The van der Waals surface area contributed by atoms with Crippen molar-refractivity contribution in [2.24, 2.45) is 51.2 Å². The maximum atomic E-state index is 12.2. The number of nitrogens with zero attached hydrogens (tertiary/aromatic N) is 1. The molecule has 0 saturated heterocycles. The van der Waals surface area contributed by atoms with Crippen LogP contribution in [0, 0.1) is 58.2 Å². The van der Waals surface area contributed by atoms with E-state index >= 15 is 0 Å². The van der Waals surface area contributed by atoms with Crippen molar-refractivity contribution in [1.29, 1.82) is 0 Å². The van der Waals surface area contributed by atoms with Crippen LogP contribution in [0.1, 0.15) is 153 Å². The SMILES string of the molecule is CC.CC1(C)CCCC2(C)C1CCC1(C)C3CCC4(C=O)CCCC4C3CCC12.CCO.CNCCc1cccc(C(=O)NCc2ccc(C)cn2)c1.O=CO. The summed E-state index contributed by atoms with van der Waals surface area (Å²) >= 11 is 0. The number of aldehydes is 1. The van der Waals surface area contributed by atoms with Gasteiger partial charge in [-0.25, -0.2) is 0 Å². The third-order valence-electron chi connectivity index (χ3n) is 14.8. The molecule has 7 rings (SSSR count). The monoisotopic (exact) mass is 776 g/mol. The van der Waals surface area contributed by atoms with Gasteiger partial charge in [-0.05, 0) is 173 Å². The highest BCUT2D eigenvalue weighted by atomic mass is 16.3. The third-order valence-corrected chi connectivity index (χ3v) is 14.8. The third kappa shape index (κ3) is 10.7. The lowest BCUT2D eigenvalue weighted by atomic mass is 9.36. The molecule has 8 unspecified atom stereocenters. The predicted octanol–water partition coefficient (Wildman–Crippen LogP) is 9.85. The number of carbonyl (C=O) groups is 3. The summed E-state index contributed by atoms with van der Waals surface area (Å²) in [7, 11) is 1.92. The number of likely N-dealkylation sites (N-methyl/N-ethyl adjacent to an activating group) is 1. The lowest BCUT2D eigenvalue weighted by molar-refractivity contribution is -0.194. The lowest BCUT2D eigenvalue weighted by Crippen LogP contribution is -2.61. The number of carbonyl (C=O) groups excluding carboxylic acids is 2. The first-order valence-corrected chi connectivity index (χ1v) is 21.9. The van der Waals surface area contributed by atoms with Crippen molar-refractivity contribution in [2.45, 2.75) is 145 Å². The van der Waals surface area contributed by atoms with Crippen LogP contribution in [0.15, 0.2) is 42.6 Å². The van der Waals surface area contributed by atoms with Gasteiger partial charge >= 0.3 is 0 Å². The summed E-state index contributed by atoms with van der Waals surface area (Å²) in [4.78, 5) is 36.9. The van der Waals surface area contributed by atoms with Crippen LogP contribution in [0.3, 0.4) is 0 Å². The smallest absolute Gasteiger partial charge is 0.290 e. The van der Waals surface area contributed by atoms with Crippen LogP contribution in [0.25, 0.3) is 0 Å². The summed E-state index contributed by atoms with van der Waals surface area (Å²) < 4.78 is 0. The van der Waals surface area contributed by atoms with Gasteiger partial charge in [0.15, 0.2) is 0 Å². The van der Waals surface area contributed by atoms with Crippen LogP contribution in [0.2, 0.25) is 0 Å². The molecular formula is C48H77N3O5. The highest BCUT2D eigenvalue weighted by molar-refractivity contribution is 5.94. The molecular weight excluding hydrogens is 699 g/mol. The molecule has 4 N–H and O–H groups in total. The Bertz CT molecular complexity index is 1510. The number of carboxylic acid groups (broad SMARTS) is 1. The van der Waals surface area contributed by atoms with Gasteiger partial charge < -0.3 is 25.6 Å². The van der Waals surface area contributed by atoms with E-state index in [1.807, 2.05) is 64.2 Å². The van der Waals surface area contributed by atoms with Crippen LogP contribution in [0.4, 0.5) is 0 Å². The Balaban J connectivity index is 0.000000260. The molecule has 1 amide bonds. The first-order valence-electron chi connectivity index (χ1n) is 21.9. The summed E-state index contributed by atoms with van der Waals surface area (Å²) in [6, 6.07) is 11.7. The summed E-state index contributed by atoms with van der Waals surface area (Å²) in [6.07, 6.45) is 20.7. The van der Waals surface area contributed by atoms with E-state index in [1.54, 1.807) is 13.1 Å². The van der Waals surface area contributed by atoms with Gasteiger partial charge in [-0.15, -0.1) is 0 Å². The minimum atomic E-state index is -0.250. The largest absolute Gasteiger partial charge is 0.483 e. The number of aliphatic hydroxyl groups excluding tert-OH is 1. The van der Waals surface area contributed by atoms with Crippen molar-refractivity contribution in [2.75, 3.05) is 20.2 Å². The summed E-state index contributed by atoms with van der Waals surface area (Å²) in [6.45, 7) is 19.6. The number of aromatic nitrogens is 1. The second-order valence-electron chi connectivity index (χ2n) is 18.2. The molecule has 314 valence electrons. The number of hydrogen-bond acceptors (Lipinski definition) is 6.